The lowest BCUT2D eigenvalue weighted by Gasteiger charge is -2.11. The molecule has 0 bridgehead atoms. The van der Waals surface area contributed by atoms with E-state index in [9.17, 15) is 9.59 Å². The summed E-state index contributed by atoms with van der Waals surface area (Å²) in [5.74, 6) is -0.0757. The number of nitrogens with zero attached hydrogens (tertiary/aromatic N) is 2. The van der Waals surface area contributed by atoms with Gasteiger partial charge in [0.25, 0.3) is 0 Å². The Morgan fingerprint density at radius 2 is 1.88 bits per heavy atom. The van der Waals surface area contributed by atoms with Gasteiger partial charge in [-0.25, -0.2) is 9.97 Å². The van der Waals surface area contributed by atoms with E-state index >= 15 is 0 Å². The molecule has 6 heteroatoms. The number of benzene rings is 1. The van der Waals surface area contributed by atoms with E-state index in [2.05, 4.69) is 15.0 Å². The quantitative estimate of drug-likeness (QED) is 0.424. The van der Waals surface area contributed by atoms with Gasteiger partial charge in [0, 0.05) is 16.6 Å². The number of carbonyl (C=O) groups is 2. The van der Waals surface area contributed by atoms with Gasteiger partial charge in [-0.1, -0.05) is 30.0 Å². The first-order valence-corrected chi connectivity index (χ1v) is 8.88. The van der Waals surface area contributed by atoms with E-state index in [0.717, 1.165) is 27.2 Å². The maximum atomic E-state index is 12.9. The Bertz CT molecular complexity index is 973. The lowest BCUT2D eigenvalue weighted by Crippen LogP contribution is -2.15. The number of nitrogens with one attached hydrogen (secondary N) is 1. The molecule has 0 fully saturated rings. The zero-order valence-electron chi connectivity index (χ0n) is 14.6. The Kier molecular flexibility index (Phi) is 4.72. The average molecular weight is 353 g/mol. The number of aryl methyl sites for hydroxylation is 1. The van der Waals surface area contributed by atoms with Crippen LogP contribution in [0, 0.1) is 13.8 Å². The number of hydrogen-bond acceptors (Lipinski definition) is 5. The molecule has 25 heavy (non-hydrogen) atoms. The van der Waals surface area contributed by atoms with Crippen molar-refractivity contribution in [2.24, 2.45) is 0 Å². The number of Topliss-reactive ketones (excluding diaryl/α,β-unsaturated/α-hetero) is 2. The first-order valence-electron chi connectivity index (χ1n) is 8.01. The highest BCUT2D eigenvalue weighted by atomic mass is 32.2. The summed E-state index contributed by atoms with van der Waals surface area (Å²) >= 11 is 1.40. The fraction of sp³-hybridized carbons (Fsp3) is 0.263. The first-order chi connectivity index (χ1) is 11.9. The molecule has 0 saturated carbocycles. The predicted octanol–water partition coefficient (Wildman–Crippen LogP) is 4.14. The van der Waals surface area contributed by atoms with Crippen LogP contribution in [0.3, 0.4) is 0 Å². The van der Waals surface area contributed by atoms with Crippen molar-refractivity contribution in [3.8, 4) is 0 Å². The van der Waals surface area contributed by atoms with Gasteiger partial charge in [0.1, 0.15) is 11.4 Å². The summed E-state index contributed by atoms with van der Waals surface area (Å²) in [4.78, 5) is 36.3. The third-order valence-electron chi connectivity index (χ3n) is 4.20. The first kappa shape index (κ1) is 17.4. The molecule has 1 atom stereocenters. The number of fused-ring (bicyclic) bond motifs is 1. The number of carbonyl (C=O) groups excluding carboxylic acids is 2. The van der Waals surface area contributed by atoms with E-state index in [4.69, 9.17) is 0 Å². The van der Waals surface area contributed by atoms with Crippen LogP contribution in [-0.4, -0.2) is 31.8 Å². The smallest absolute Gasteiger partial charge is 0.192 e. The maximum Gasteiger partial charge on any atom is 0.192 e. The molecule has 5 nitrogen and oxygen atoms in total. The molecule has 2 aromatic heterocycles. The summed E-state index contributed by atoms with van der Waals surface area (Å²) in [6, 6.07) is 7.73. The van der Waals surface area contributed by atoms with Crippen molar-refractivity contribution in [3.05, 3.63) is 53.1 Å². The normalized spacial score (nSPS) is 12.3. The van der Waals surface area contributed by atoms with Gasteiger partial charge in [0.15, 0.2) is 11.6 Å². The average Bonchev–Trinajstić information content (AvgIpc) is 2.89. The molecule has 0 amide bonds. The van der Waals surface area contributed by atoms with Gasteiger partial charge < -0.3 is 4.98 Å². The second kappa shape index (κ2) is 6.80. The van der Waals surface area contributed by atoms with Crippen molar-refractivity contribution in [1.82, 2.24) is 15.0 Å². The van der Waals surface area contributed by atoms with Crippen LogP contribution < -0.4 is 0 Å². The third kappa shape index (κ3) is 3.22. The molecule has 0 aliphatic heterocycles. The number of hydrogen-bond donors (Lipinski definition) is 1. The summed E-state index contributed by atoms with van der Waals surface area (Å²) in [6.07, 6.45) is 1.51. The van der Waals surface area contributed by atoms with Crippen molar-refractivity contribution in [2.75, 3.05) is 0 Å². The predicted molar refractivity (Wildman–Crippen MR) is 99.5 cm³/mol. The Morgan fingerprint density at radius 3 is 2.56 bits per heavy atom. The highest BCUT2D eigenvalue weighted by Gasteiger charge is 2.25. The summed E-state index contributed by atoms with van der Waals surface area (Å²) in [5, 5.41) is 1.37. The number of ketones is 2. The Hall–Kier alpha value is -2.47. The second-order valence-electron chi connectivity index (χ2n) is 6.00. The van der Waals surface area contributed by atoms with Crippen LogP contribution in [0.2, 0.25) is 0 Å². The van der Waals surface area contributed by atoms with E-state index in [1.165, 1.54) is 25.0 Å². The van der Waals surface area contributed by atoms with Crippen LogP contribution in [0.4, 0.5) is 0 Å². The number of rotatable bonds is 5. The molecule has 128 valence electrons. The number of aromatic nitrogens is 3. The molecule has 0 spiro atoms. The minimum absolute atomic E-state index is 0.0348. The second-order valence-corrected chi connectivity index (χ2v) is 7.33. The number of H-pyrrole nitrogens is 1. The summed E-state index contributed by atoms with van der Waals surface area (Å²) < 4.78 is 0. The van der Waals surface area contributed by atoms with Crippen LogP contribution in [0.15, 0.2) is 35.6 Å². The third-order valence-corrected chi connectivity index (χ3v) is 5.32. The molecule has 1 unspecified atom stereocenters. The largest absolute Gasteiger partial charge is 0.355 e. The Labute approximate surface area is 150 Å². The molecule has 3 aromatic rings. The van der Waals surface area contributed by atoms with Crippen molar-refractivity contribution >= 4 is 34.2 Å². The summed E-state index contributed by atoms with van der Waals surface area (Å²) in [6.45, 7) is 7.00. The van der Waals surface area contributed by atoms with Crippen molar-refractivity contribution in [1.29, 1.82) is 0 Å². The molecular formula is C19H19N3O2S. The van der Waals surface area contributed by atoms with Gasteiger partial charge in [-0.15, -0.1) is 0 Å². The van der Waals surface area contributed by atoms with E-state index in [-0.39, 0.29) is 16.8 Å². The van der Waals surface area contributed by atoms with Gasteiger partial charge >= 0.3 is 0 Å². The van der Waals surface area contributed by atoms with Crippen LogP contribution in [0.1, 0.15) is 46.0 Å². The van der Waals surface area contributed by atoms with Crippen LogP contribution in [0.5, 0.6) is 0 Å². The lowest BCUT2D eigenvalue weighted by atomic mass is 10.0. The van der Waals surface area contributed by atoms with E-state index in [0.29, 0.717) is 11.3 Å². The SMILES string of the molecule is CC(=O)c1c(C)[nH]c(C(=O)C(C)Sc2ncnc3ccccc23)c1C. The van der Waals surface area contributed by atoms with E-state index < -0.39 is 0 Å². The zero-order chi connectivity index (χ0) is 18.1. The van der Waals surface area contributed by atoms with Crippen molar-refractivity contribution in [3.63, 3.8) is 0 Å². The van der Waals surface area contributed by atoms with Crippen LogP contribution in [0.25, 0.3) is 10.9 Å². The zero-order valence-corrected chi connectivity index (χ0v) is 15.4. The standard InChI is InChI=1S/C19H19N3O2S/c1-10-16(12(3)23)11(2)22-17(10)18(24)13(4)25-19-14-7-5-6-8-15(14)20-9-21-19/h5-9,13,22H,1-4H3. The minimum atomic E-state index is -0.338. The van der Waals surface area contributed by atoms with Crippen LogP contribution in [-0.2, 0) is 0 Å². The van der Waals surface area contributed by atoms with Gasteiger partial charge in [0.05, 0.1) is 16.5 Å². The number of para-hydroxylation sites is 1. The van der Waals surface area contributed by atoms with Crippen LogP contribution >= 0.6 is 11.8 Å². The molecule has 3 rings (SSSR count). The lowest BCUT2D eigenvalue weighted by molar-refractivity contribution is 0.0988. The molecule has 0 aliphatic rings. The van der Waals surface area contributed by atoms with Crippen molar-refractivity contribution < 1.29 is 9.59 Å². The topological polar surface area (TPSA) is 75.7 Å². The molecule has 1 aromatic carbocycles. The molecular weight excluding hydrogens is 334 g/mol. The van der Waals surface area contributed by atoms with E-state index in [1.807, 2.05) is 45.0 Å². The molecule has 2 heterocycles. The molecule has 0 aliphatic carbocycles. The van der Waals surface area contributed by atoms with E-state index in [1.54, 1.807) is 0 Å². The number of thioether (sulfide) groups is 1. The highest BCUT2D eigenvalue weighted by Crippen LogP contribution is 2.30. The highest BCUT2D eigenvalue weighted by molar-refractivity contribution is 8.00. The number of aromatic amines is 1. The Morgan fingerprint density at radius 1 is 1.16 bits per heavy atom. The molecule has 1 N–H and O–H groups in total. The fourth-order valence-electron chi connectivity index (χ4n) is 3.02. The minimum Gasteiger partial charge on any atom is -0.355 e. The van der Waals surface area contributed by atoms with Gasteiger partial charge in [0.2, 0.25) is 0 Å². The summed E-state index contributed by atoms with van der Waals surface area (Å²) in [7, 11) is 0. The fourth-order valence-corrected chi connectivity index (χ4v) is 3.99. The van der Waals surface area contributed by atoms with Gasteiger partial charge in [-0.3, -0.25) is 9.59 Å². The Balaban J connectivity index is 1.91. The monoisotopic (exact) mass is 353 g/mol. The van der Waals surface area contributed by atoms with Crippen molar-refractivity contribution in [2.45, 2.75) is 38.0 Å². The van der Waals surface area contributed by atoms with Gasteiger partial charge in [-0.05, 0) is 39.3 Å². The maximum absolute atomic E-state index is 12.9. The molecule has 0 radical (unpaired) electrons. The summed E-state index contributed by atoms with van der Waals surface area (Å²) in [5.41, 5.74) is 3.41. The van der Waals surface area contributed by atoms with Gasteiger partial charge in [-0.2, -0.15) is 0 Å². The molecule has 0 saturated heterocycles.